The van der Waals surface area contributed by atoms with Crippen molar-refractivity contribution in [2.24, 2.45) is 5.92 Å². The zero-order valence-corrected chi connectivity index (χ0v) is 20.0. The van der Waals surface area contributed by atoms with Crippen LogP contribution in [-0.4, -0.2) is 40.9 Å². The lowest BCUT2D eigenvalue weighted by molar-refractivity contribution is -0.144. The monoisotopic (exact) mass is 455 g/mol. The molecule has 186 valence electrons. The van der Waals surface area contributed by atoms with Crippen molar-refractivity contribution in [2.45, 2.75) is 122 Å². The second-order valence-corrected chi connectivity index (χ2v) is 8.83. The van der Waals surface area contributed by atoms with Gasteiger partial charge in [0.15, 0.2) is 0 Å². The Kier molecular flexibility index (Phi) is 19.7. The molecule has 0 saturated heterocycles. The standard InChI is InChI=1S/C25H45NO6/c1-26-23(28)19-18-21(25(31)32)20-22(27)16-14-12-10-8-6-4-2-3-5-7-9-11-13-15-17-24(29)30/h21H,2-20H2,1H3,(H,26,28)(H,29,30)(H,31,32)/t21-/m1/s1. The van der Waals surface area contributed by atoms with Gasteiger partial charge in [-0.1, -0.05) is 77.0 Å². The summed E-state index contributed by atoms with van der Waals surface area (Å²) in [6, 6.07) is 0. The fraction of sp³-hybridized carbons (Fsp3) is 0.840. The Balaban J connectivity index is 3.48. The normalized spacial score (nSPS) is 11.8. The van der Waals surface area contributed by atoms with Gasteiger partial charge in [-0.2, -0.15) is 0 Å². The molecule has 0 spiro atoms. The quantitative estimate of drug-likeness (QED) is 0.175. The van der Waals surface area contributed by atoms with E-state index in [2.05, 4.69) is 5.32 Å². The number of hydrogen-bond acceptors (Lipinski definition) is 4. The minimum absolute atomic E-state index is 0.0174. The summed E-state index contributed by atoms with van der Waals surface area (Å²) >= 11 is 0. The summed E-state index contributed by atoms with van der Waals surface area (Å²) < 4.78 is 0. The highest BCUT2D eigenvalue weighted by molar-refractivity contribution is 5.84. The molecular formula is C25H45NO6. The van der Waals surface area contributed by atoms with E-state index in [-0.39, 0.29) is 31.0 Å². The number of hydrogen-bond donors (Lipinski definition) is 3. The predicted octanol–water partition coefficient (Wildman–Crippen LogP) is 5.50. The van der Waals surface area contributed by atoms with Crippen LogP contribution in [0.15, 0.2) is 0 Å². The summed E-state index contributed by atoms with van der Waals surface area (Å²) in [6.45, 7) is 0. The Morgan fingerprint density at radius 3 is 1.41 bits per heavy atom. The molecule has 0 radical (unpaired) electrons. The lowest BCUT2D eigenvalue weighted by Gasteiger charge is -2.11. The van der Waals surface area contributed by atoms with Gasteiger partial charge in [-0.25, -0.2) is 0 Å². The van der Waals surface area contributed by atoms with Crippen LogP contribution in [0.3, 0.4) is 0 Å². The number of carbonyl (C=O) groups excluding carboxylic acids is 2. The van der Waals surface area contributed by atoms with E-state index < -0.39 is 17.9 Å². The number of amides is 1. The first kappa shape index (κ1) is 30.1. The number of carboxylic acids is 2. The summed E-state index contributed by atoms with van der Waals surface area (Å²) in [4.78, 5) is 45.0. The van der Waals surface area contributed by atoms with E-state index in [0.29, 0.717) is 12.8 Å². The Bertz CT molecular complexity index is 535. The first-order valence-corrected chi connectivity index (χ1v) is 12.5. The van der Waals surface area contributed by atoms with Crippen molar-refractivity contribution in [1.29, 1.82) is 0 Å². The molecule has 7 nitrogen and oxygen atoms in total. The highest BCUT2D eigenvalue weighted by Gasteiger charge is 2.21. The van der Waals surface area contributed by atoms with Crippen molar-refractivity contribution in [2.75, 3.05) is 7.05 Å². The molecule has 7 heteroatoms. The molecule has 0 heterocycles. The largest absolute Gasteiger partial charge is 0.481 e. The third-order valence-corrected chi connectivity index (χ3v) is 5.92. The molecule has 0 unspecified atom stereocenters. The molecule has 3 N–H and O–H groups in total. The number of rotatable bonds is 23. The SMILES string of the molecule is CNC(=O)CC[C@H](CC(=O)CCCCCCCCCCCCCCCCC(=O)O)C(=O)O. The smallest absolute Gasteiger partial charge is 0.306 e. The van der Waals surface area contributed by atoms with Gasteiger partial charge in [-0.05, 0) is 19.3 Å². The molecule has 0 aromatic carbocycles. The maximum Gasteiger partial charge on any atom is 0.306 e. The summed E-state index contributed by atoms with van der Waals surface area (Å²) in [6.07, 6.45) is 16.9. The van der Waals surface area contributed by atoms with Crippen LogP contribution in [0.5, 0.6) is 0 Å². The summed E-state index contributed by atoms with van der Waals surface area (Å²) in [7, 11) is 1.51. The molecule has 1 atom stereocenters. The number of aliphatic carboxylic acids is 2. The molecule has 0 aromatic rings. The van der Waals surface area contributed by atoms with Crippen LogP contribution >= 0.6 is 0 Å². The van der Waals surface area contributed by atoms with Gasteiger partial charge in [0.2, 0.25) is 5.91 Å². The van der Waals surface area contributed by atoms with Crippen LogP contribution in [0.4, 0.5) is 0 Å². The van der Waals surface area contributed by atoms with Crippen molar-refractivity contribution in [3.63, 3.8) is 0 Å². The Labute approximate surface area is 193 Å². The van der Waals surface area contributed by atoms with Gasteiger partial charge in [0, 0.05) is 32.7 Å². The number of carbonyl (C=O) groups is 4. The Hall–Kier alpha value is -1.92. The lowest BCUT2D eigenvalue weighted by atomic mass is 9.94. The van der Waals surface area contributed by atoms with Gasteiger partial charge in [0.05, 0.1) is 5.92 Å². The number of Topliss-reactive ketones (excluding diaryl/α,β-unsaturated/α-hetero) is 1. The molecule has 0 fully saturated rings. The van der Waals surface area contributed by atoms with Crippen LogP contribution in [0.25, 0.3) is 0 Å². The summed E-state index contributed by atoms with van der Waals surface area (Å²) in [5.41, 5.74) is 0. The van der Waals surface area contributed by atoms with Crippen LogP contribution in [0, 0.1) is 5.92 Å². The first-order chi connectivity index (χ1) is 15.4. The molecule has 0 aliphatic carbocycles. The van der Waals surface area contributed by atoms with Crippen LogP contribution in [0.1, 0.15) is 122 Å². The molecule has 0 bridgehead atoms. The predicted molar refractivity (Wildman–Crippen MR) is 126 cm³/mol. The molecule has 0 rings (SSSR count). The highest BCUT2D eigenvalue weighted by Crippen LogP contribution is 2.16. The zero-order chi connectivity index (χ0) is 24.0. The zero-order valence-electron chi connectivity index (χ0n) is 20.0. The van der Waals surface area contributed by atoms with Gasteiger partial charge in [-0.3, -0.25) is 19.2 Å². The summed E-state index contributed by atoms with van der Waals surface area (Å²) in [5, 5.41) is 20.3. The van der Waals surface area contributed by atoms with Gasteiger partial charge < -0.3 is 15.5 Å². The fourth-order valence-electron chi connectivity index (χ4n) is 3.84. The highest BCUT2D eigenvalue weighted by atomic mass is 16.4. The third-order valence-electron chi connectivity index (χ3n) is 5.92. The maximum atomic E-state index is 12.0. The molecular weight excluding hydrogens is 410 g/mol. The van der Waals surface area contributed by atoms with Crippen LogP contribution in [-0.2, 0) is 19.2 Å². The average molecular weight is 456 g/mol. The van der Waals surface area contributed by atoms with Gasteiger partial charge in [0.25, 0.3) is 0 Å². The summed E-state index contributed by atoms with van der Waals surface area (Å²) in [5.74, 6) is -2.68. The van der Waals surface area contributed by atoms with Crippen molar-refractivity contribution >= 4 is 23.6 Å². The second-order valence-electron chi connectivity index (χ2n) is 8.83. The molecule has 0 saturated carbocycles. The minimum Gasteiger partial charge on any atom is -0.481 e. The van der Waals surface area contributed by atoms with E-state index in [1.165, 1.54) is 58.4 Å². The lowest BCUT2D eigenvalue weighted by Crippen LogP contribution is -2.23. The van der Waals surface area contributed by atoms with Gasteiger partial charge in [0.1, 0.15) is 5.78 Å². The van der Waals surface area contributed by atoms with Crippen LogP contribution in [0.2, 0.25) is 0 Å². The van der Waals surface area contributed by atoms with E-state index in [1.54, 1.807) is 0 Å². The van der Waals surface area contributed by atoms with Crippen molar-refractivity contribution in [3.8, 4) is 0 Å². The second kappa shape index (κ2) is 21.0. The Morgan fingerprint density at radius 2 is 1.03 bits per heavy atom. The average Bonchev–Trinajstić information content (AvgIpc) is 2.75. The number of unbranched alkanes of at least 4 members (excludes halogenated alkanes) is 13. The van der Waals surface area contributed by atoms with E-state index in [4.69, 9.17) is 5.11 Å². The molecule has 0 aromatic heterocycles. The van der Waals surface area contributed by atoms with Crippen molar-refractivity contribution in [1.82, 2.24) is 5.32 Å². The van der Waals surface area contributed by atoms with E-state index in [0.717, 1.165) is 38.5 Å². The van der Waals surface area contributed by atoms with E-state index in [9.17, 15) is 24.3 Å². The first-order valence-electron chi connectivity index (χ1n) is 12.5. The molecule has 1 amide bonds. The van der Waals surface area contributed by atoms with Gasteiger partial charge >= 0.3 is 11.9 Å². The van der Waals surface area contributed by atoms with E-state index in [1.807, 2.05) is 0 Å². The fourth-order valence-corrected chi connectivity index (χ4v) is 3.84. The number of carboxylic acid groups (broad SMARTS) is 2. The molecule has 0 aliphatic heterocycles. The van der Waals surface area contributed by atoms with Gasteiger partial charge in [-0.15, -0.1) is 0 Å². The maximum absolute atomic E-state index is 12.0. The van der Waals surface area contributed by atoms with Crippen LogP contribution < -0.4 is 5.32 Å². The topological polar surface area (TPSA) is 121 Å². The van der Waals surface area contributed by atoms with Crippen molar-refractivity contribution < 1.29 is 29.4 Å². The Morgan fingerprint density at radius 1 is 0.625 bits per heavy atom. The number of nitrogens with one attached hydrogen (secondary N) is 1. The third kappa shape index (κ3) is 20.0. The van der Waals surface area contributed by atoms with E-state index >= 15 is 0 Å². The molecule has 32 heavy (non-hydrogen) atoms. The number of ketones is 1. The molecule has 0 aliphatic rings. The minimum atomic E-state index is -1.00. The van der Waals surface area contributed by atoms with Crippen molar-refractivity contribution in [3.05, 3.63) is 0 Å².